The van der Waals surface area contributed by atoms with Crippen molar-refractivity contribution in [3.05, 3.63) is 35.9 Å². The van der Waals surface area contributed by atoms with Crippen molar-refractivity contribution in [3.8, 4) is 0 Å². The molecule has 1 aliphatic heterocycles. The van der Waals surface area contributed by atoms with Gasteiger partial charge in [0.05, 0.1) is 12.0 Å². The summed E-state index contributed by atoms with van der Waals surface area (Å²) in [6.45, 7) is 3.90. The molecule has 1 aromatic carbocycles. The Labute approximate surface area is 120 Å². The maximum atomic E-state index is 12.4. The Kier molecular flexibility index (Phi) is 4.42. The third-order valence-corrected chi connectivity index (χ3v) is 3.77. The highest BCUT2D eigenvalue weighted by Crippen LogP contribution is 2.35. The Balaban J connectivity index is 2.29. The third kappa shape index (κ3) is 3.00. The van der Waals surface area contributed by atoms with E-state index in [1.165, 1.54) is 0 Å². The number of amides is 2. The molecular formula is C16H22N2O2. The molecule has 2 amide bonds. The molecule has 1 heterocycles. The molecule has 1 saturated heterocycles. The molecule has 2 atom stereocenters. The number of hydrogen-bond donors (Lipinski definition) is 1. The van der Waals surface area contributed by atoms with Crippen molar-refractivity contribution in [2.45, 2.75) is 38.8 Å². The van der Waals surface area contributed by atoms with E-state index in [2.05, 4.69) is 5.32 Å². The van der Waals surface area contributed by atoms with Gasteiger partial charge in [-0.1, -0.05) is 30.3 Å². The van der Waals surface area contributed by atoms with Crippen LogP contribution < -0.4 is 5.32 Å². The van der Waals surface area contributed by atoms with Crippen LogP contribution in [0.1, 0.15) is 38.3 Å². The Morgan fingerprint density at radius 2 is 1.95 bits per heavy atom. The van der Waals surface area contributed by atoms with Gasteiger partial charge in [-0.05, 0) is 25.8 Å². The van der Waals surface area contributed by atoms with Crippen LogP contribution in [0.4, 0.5) is 0 Å². The highest BCUT2D eigenvalue weighted by molar-refractivity contribution is 5.85. The molecule has 1 aromatic rings. The maximum absolute atomic E-state index is 12.4. The number of piperidine rings is 1. The van der Waals surface area contributed by atoms with Crippen LogP contribution >= 0.6 is 0 Å². The zero-order valence-electron chi connectivity index (χ0n) is 12.3. The molecule has 4 heteroatoms. The number of nitrogens with zero attached hydrogens (tertiary/aromatic N) is 1. The summed E-state index contributed by atoms with van der Waals surface area (Å²) in [4.78, 5) is 26.1. The fourth-order valence-electron chi connectivity index (χ4n) is 2.81. The molecule has 0 saturated carbocycles. The van der Waals surface area contributed by atoms with E-state index in [4.69, 9.17) is 0 Å². The van der Waals surface area contributed by atoms with Crippen molar-refractivity contribution < 1.29 is 9.59 Å². The Morgan fingerprint density at radius 3 is 2.55 bits per heavy atom. The first-order valence-electron chi connectivity index (χ1n) is 7.11. The lowest BCUT2D eigenvalue weighted by molar-refractivity contribution is -0.141. The molecule has 0 aliphatic carbocycles. The lowest BCUT2D eigenvalue weighted by Crippen LogP contribution is -2.47. The summed E-state index contributed by atoms with van der Waals surface area (Å²) < 4.78 is 0. The summed E-state index contributed by atoms with van der Waals surface area (Å²) in [5, 5.41) is 2.97. The molecule has 1 fully saturated rings. The van der Waals surface area contributed by atoms with Crippen LogP contribution in [-0.4, -0.2) is 29.8 Å². The van der Waals surface area contributed by atoms with Gasteiger partial charge < -0.3 is 10.2 Å². The van der Waals surface area contributed by atoms with Gasteiger partial charge in [-0.15, -0.1) is 0 Å². The summed E-state index contributed by atoms with van der Waals surface area (Å²) in [6.07, 6.45) is 1.05. The van der Waals surface area contributed by atoms with Crippen LogP contribution in [0, 0.1) is 5.92 Å². The second kappa shape index (κ2) is 6.07. The van der Waals surface area contributed by atoms with E-state index in [9.17, 15) is 9.59 Å². The topological polar surface area (TPSA) is 49.4 Å². The summed E-state index contributed by atoms with van der Waals surface area (Å²) in [5.41, 5.74) is 1.02. The van der Waals surface area contributed by atoms with Crippen molar-refractivity contribution in [1.29, 1.82) is 0 Å². The van der Waals surface area contributed by atoms with Crippen molar-refractivity contribution in [2.24, 2.45) is 5.92 Å². The predicted octanol–water partition coefficient (Wildman–Crippen LogP) is 2.12. The fraction of sp³-hybridized carbons (Fsp3) is 0.500. The highest BCUT2D eigenvalue weighted by atomic mass is 16.2. The van der Waals surface area contributed by atoms with E-state index < -0.39 is 0 Å². The first kappa shape index (κ1) is 14.6. The van der Waals surface area contributed by atoms with E-state index in [1.807, 2.05) is 44.2 Å². The normalized spacial score (nSPS) is 23.0. The summed E-state index contributed by atoms with van der Waals surface area (Å²) in [5.74, 6) is -0.0387. The van der Waals surface area contributed by atoms with Gasteiger partial charge in [0, 0.05) is 19.5 Å². The van der Waals surface area contributed by atoms with E-state index in [-0.39, 0.29) is 29.8 Å². The van der Waals surface area contributed by atoms with Crippen LogP contribution in [0.15, 0.2) is 30.3 Å². The van der Waals surface area contributed by atoms with Gasteiger partial charge in [-0.2, -0.15) is 0 Å². The average molecular weight is 274 g/mol. The second-order valence-electron chi connectivity index (χ2n) is 5.67. The van der Waals surface area contributed by atoms with Crippen molar-refractivity contribution >= 4 is 11.8 Å². The number of likely N-dealkylation sites (tertiary alicyclic amines) is 1. The van der Waals surface area contributed by atoms with Gasteiger partial charge in [0.25, 0.3) is 0 Å². The van der Waals surface area contributed by atoms with Crippen LogP contribution in [0.5, 0.6) is 0 Å². The molecule has 0 bridgehead atoms. The SMILES string of the molecule is CC(C)NC(=O)[C@H]1CCC(=O)N(C)[C@H]1c1ccccc1. The minimum Gasteiger partial charge on any atom is -0.354 e. The Morgan fingerprint density at radius 1 is 1.30 bits per heavy atom. The standard InChI is InChI=1S/C16H22N2O2/c1-11(2)17-16(20)13-9-10-14(19)18(3)15(13)12-7-5-4-6-8-12/h4-8,11,13,15H,9-10H2,1-3H3,(H,17,20)/t13-,15-/m0/s1. The molecule has 0 aromatic heterocycles. The van der Waals surface area contributed by atoms with Gasteiger partial charge in [0.1, 0.15) is 0 Å². The van der Waals surface area contributed by atoms with E-state index in [0.29, 0.717) is 12.8 Å². The molecule has 4 nitrogen and oxygen atoms in total. The molecule has 2 rings (SSSR count). The average Bonchev–Trinajstić information content (AvgIpc) is 2.41. The van der Waals surface area contributed by atoms with E-state index in [1.54, 1.807) is 11.9 Å². The Bertz CT molecular complexity index is 485. The number of nitrogens with one attached hydrogen (secondary N) is 1. The van der Waals surface area contributed by atoms with Crippen molar-refractivity contribution in [2.75, 3.05) is 7.05 Å². The van der Waals surface area contributed by atoms with E-state index >= 15 is 0 Å². The van der Waals surface area contributed by atoms with Gasteiger partial charge in [0.2, 0.25) is 11.8 Å². The molecule has 0 unspecified atom stereocenters. The van der Waals surface area contributed by atoms with Crippen LogP contribution in [0.3, 0.4) is 0 Å². The second-order valence-corrected chi connectivity index (χ2v) is 5.67. The van der Waals surface area contributed by atoms with Crippen molar-refractivity contribution in [3.63, 3.8) is 0 Å². The van der Waals surface area contributed by atoms with Crippen LogP contribution in [0.25, 0.3) is 0 Å². The summed E-state index contributed by atoms with van der Waals surface area (Å²) in [6, 6.07) is 9.74. The lowest BCUT2D eigenvalue weighted by atomic mass is 9.84. The maximum Gasteiger partial charge on any atom is 0.225 e. The molecule has 108 valence electrons. The number of rotatable bonds is 3. The number of carbonyl (C=O) groups excluding carboxylic acids is 2. The summed E-state index contributed by atoms with van der Waals surface area (Å²) >= 11 is 0. The summed E-state index contributed by atoms with van der Waals surface area (Å²) in [7, 11) is 1.79. The number of carbonyl (C=O) groups is 2. The molecule has 20 heavy (non-hydrogen) atoms. The molecule has 1 N–H and O–H groups in total. The van der Waals surface area contributed by atoms with E-state index in [0.717, 1.165) is 5.56 Å². The smallest absolute Gasteiger partial charge is 0.225 e. The predicted molar refractivity (Wildman–Crippen MR) is 78.0 cm³/mol. The van der Waals surface area contributed by atoms with Gasteiger partial charge in [-0.25, -0.2) is 0 Å². The van der Waals surface area contributed by atoms with Gasteiger partial charge in [0.15, 0.2) is 0 Å². The van der Waals surface area contributed by atoms with Crippen molar-refractivity contribution in [1.82, 2.24) is 10.2 Å². The third-order valence-electron chi connectivity index (χ3n) is 3.77. The monoisotopic (exact) mass is 274 g/mol. The quantitative estimate of drug-likeness (QED) is 0.918. The number of benzene rings is 1. The number of hydrogen-bond acceptors (Lipinski definition) is 2. The van der Waals surface area contributed by atoms with Crippen LogP contribution in [0.2, 0.25) is 0 Å². The minimum atomic E-state index is -0.178. The molecule has 0 radical (unpaired) electrons. The fourth-order valence-corrected chi connectivity index (χ4v) is 2.81. The molecule has 0 spiro atoms. The lowest BCUT2D eigenvalue weighted by Gasteiger charge is -2.38. The first-order chi connectivity index (χ1) is 9.50. The van der Waals surface area contributed by atoms with Gasteiger partial charge >= 0.3 is 0 Å². The largest absolute Gasteiger partial charge is 0.354 e. The molecule has 1 aliphatic rings. The molecular weight excluding hydrogens is 252 g/mol. The minimum absolute atomic E-state index is 0.0354. The Hall–Kier alpha value is -1.84. The highest BCUT2D eigenvalue weighted by Gasteiger charge is 2.38. The zero-order chi connectivity index (χ0) is 14.7. The van der Waals surface area contributed by atoms with Gasteiger partial charge in [-0.3, -0.25) is 9.59 Å². The first-order valence-corrected chi connectivity index (χ1v) is 7.11. The van der Waals surface area contributed by atoms with Crippen LogP contribution in [-0.2, 0) is 9.59 Å². The zero-order valence-corrected chi connectivity index (χ0v) is 12.3.